The van der Waals surface area contributed by atoms with Gasteiger partial charge >= 0.3 is 0 Å². The quantitative estimate of drug-likeness (QED) is 0.345. The highest BCUT2D eigenvalue weighted by atomic mass is 32.2. The molecule has 0 aliphatic heterocycles. The van der Waals surface area contributed by atoms with Crippen molar-refractivity contribution < 1.29 is 4.74 Å². The maximum absolute atomic E-state index is 5.69. The van der Waals surface area contributed by atoms with Crippen LogP contribution in [0.3, 0.4) is 0 Å². The summed E-state index contributed by atoms with van der Waals surface area (Å²) in [6, 6.07) is 18.0. The summed E-state index contributed by atoms with van der Waals surface area (Å²) in [6.45, 7) is 2.71. The number of aryl methyl sites for hydroxylation is 1. The zero-order valence-electron chi connectivity index (χ0n) is 12.6. The third-order valence-corrected chi connectivity index (χ3v) is 5.52. The Morgan fingerprint density at radius 3 is 2.65 bits per heavy atom. The topological polar surface area (TPSA) is 27.1 Å². The molecule has 6 heteroatoms. The summed E-state index contributed by atoms with van der Waals surface area (Å²) in [4.78, 5) is 0. The molecule has 0 bridgehead atoms. The second kappa shape index (κ2) is 7.77. The normalized spacial score (nSPS) is 10.7. The van der Waals surface area contributed by atoms with Gasteiger partial charge in [0.15, 0.2) is 8.29 Å². The minimum absolute atomic E-state index is 0.644. The lowest BCUT2D eigenvalue weighted by Gasteiger charge is -2.05. The van der Waals surface area contributed by atoms with Crippen molar-refractivity contribution in [2.24, 2.45) is 0 Å². The minimum Gasteiger partial charge on any atom is -0.493 e. The first-order valence-electron chi connectivity index (χ1n) is 7.21. The molecule has 0 aliphatic rings. The van der Waals surface area contributed by atoms with Gasteiger partial charge in [-0.1, -0.05) is 59.5 Å². The van der Waals surface area contributed by atoms with E-state index in [1.165, 1.54) is 11.3 Å². The van der Waals surface area contributed by atoms with E-state index in [4.69, 9.17) is 17.0 Å². The maximum Gasteiger partial charge on any atom is 0.184 e. The minimum atomic E-state index is 0.644. The van der Waals surface area contributed by atoms with Gasteiger partial charge in [0.05, 0.1) is 12.3 Å². The molecule has 3 rings (SSSR count). The molecule has 0 amide bonds. The molecule has 0 fully saturated rings. The molecule has 0 saturated carbocycles. The molecule has 2 aromatic carbocycles. The van der Waals surface area contributed by atoms with E-state index in [1.54, 1.807) is 11.8 Å². The standard InChI is InChI=1S/C17H16N2OS3/c1-13-7-5-6-10-15(13)19-17(21)23-16(18-19)22-12-11-20-14-8-3-2-4-9-14/h2-10H,11-12H2,1H3. The van der Waals surface area contributed by atoms with E-state index in [2.05, 4.69) is 18.1 Å². The summed E-state index contributed by atoms with van der Waals surface area (Å²) in [7, 11) is 0. The lowest BCUT2D eigenvalue weighted by molar-refractivity contribution is 0.344. The van der Waals surface area contributed by atoms with Gasteiger partial charge in [0.25, 0.3) is 0 Å². The Hall–Kier alpha value is -1.63. The summed E-state index contributed by atoms with van der Waals surface area (Å²) in [6.07, 6.45) is 0. The number of aromatic nitrogens is 2. The number of thioether (sulfide) groups is 1. The molecular weight excluding hydrogens is 344 g/mol. The smallest absolute Gasteiger partial charge is 0.184 e. The first-order chi connectivity index (χ1) is 11.2. The molecule has 3 nitrogen and oxygen atoms in total. The molecule has 3 aromatic rings. The van der Waals surface area contributed by atoms with Gasteiger partial charge in [-0.3, -0.25) is 0 Å². The second-order valence-corrected chi connectivity index (χ2v) is 7.81. The number of nitrogens with zero attached hydrogens (tertiary/aromatic N) is 2. The third kappa shape index (κ3) is 4.22. The second-order valence-electron chi connectivity index (χ2n) is 4.84. The summed E-state index contributed by atoms with van der Waals surface area (Å²) in [5.41, 5.74) is 2.21. The summed E-state index contributed by atoms with van der Waals surface area (Å²) in [5.74, 6) is 1.73. The number of hydrogen-bond acceptors (Lipinski definition) is 5. The molecule has 1 heterocycles. The molecule has 0 N–H and O–H groups in total. The van der Waals surface area contributed by atoms with Crippen LogP contribution in [0.25, 0.3) is 5.69 Å². The van der Waals surface area contributed by atoms with Crippen molar-refractivity contribution in [1.29, 1.82) is 0 Å². The Morgan fingerprint density at radius 2 is 1.87 bits per heavy atom. The molecule has 118 valence electrons. The highest BCUT2D eigenvalue weighted by Gasteiger charge is 2.08. The molecule has 1 aromatic heterocycles. The number of ether oxygens (including phenoxy) is 1. The van der Waals surface area contributed by atoms with Crippen LogP contribution in [0.15, 0.2) is 58.9 Å². The number of benzene rings is 2. The summed E-state index contributed by atoms with van der Waals surface area (Å²) in [5, 5.41) is 4.62. The predicted octanol–water partition coefficient (Wildman–Crippen LogP) is 5.14. The fourth-order valence-electron chi connectivity index (χ4n) is 2.08. The molecule has 23 heavy (non-hydrogen) atoms. The Balaban J connectivity index is 1.61. The van der Waals surface area contributed by atoms with Gasteiger partial charge in [0.2, 0.25) is 0 Å². The molecule has 0 saturated heterocycles. The van der Waals surface area contributed by atoms with Gasteiger partial charge in [0, 0.05) is 5.75 Å². The van der Waals surface area contributed by atoms with E-state index in [9.17, 15) is 0 Å². The van der Waals surface area contributed by atoms with Crippen LogP contribution in [0.2, 0.25) is 0 Å². The van der Waals surface area contributed by atoms with Gasteiger partial charge in [-0.15, -0.1) is 5.10 Å². The van der Waals surface area contributed by atoms with E-state index in [1.807, 2.05) is 53.2 Å². The first-order valence-corrected chi connectivity index (χ1v) is 9.42. The Bertz CT molecular complexity index is 827. The summed E-state index contributed by atoms with van der Waals surface area (Å²) < 4.78 is 9.27. The van der Waals surface area contributed by atoms with Crippen molar-refractivity contribution in [3.63, 3.8) is 0 Å². The highest BCUT2D eigenvalue weighted by molar-refractivity contribution is 8.01. The Labute approximate surface area is 148 Å². The average molecular weight is 361 g/mol. The lowest BCUT2D eigenvalue weighted by atomic mass is 10.2. The van der Waals surface area contributed by atoms with Crippen LogP contribution in [0.5, 0.6) is 5.75 Å². The zero-order valence-corrected chi connectivity index (χ0v) is 15.1. The maximum atomic E-state index is 5.69. The van der Waals surface area contributed by atoms with Crippen molar-refractivity contribution in [3.05, 3.63) is 64.1 Å². The number of para-hydroxylation sites is 2. The van der Waals surface area contributed by atoms with Crippen LogP contribution in [-0.2, 0) is 0 Å². The van der Waals surface area contributed by atoms with Crippen LogP contribution in [-0.4, -0.2) is 22.1 Å². The van der Waals surface area contributed by atoms with Gasteiger partial charge in [-0.05, 0) is 42.9 Å². The molecule has 0 radical (unpaired) electrons. The van der Waals surface area contributed by atoms with E-state index in [0.717, 1.165) is 31.0 Å². The first kappa shape index (κ1) is 16.2. The van der Waals surface area contributed by atoms with Crippen molar-refractivity contribution >= 4 is 35.3 Å². The van der Waals surface area contributed by atoms with E-state index in [-0.39, 0.29) is 0 Å². The van der Waals surface area contributed by atoms with Crippen LogP contribution >= 0.6 is 35.3 Å². The summed E-state index contributed by atoms with van der Waals surface area (Å²) >= 11 is 8.65. The van der Waals surface area contributed by atoms with E-state index in [0.29, 0.717) is 6.61 Å². The van der Waals surface area contributed by atoms with Crippen LogP contribution < -0.4 is 4.74 Å². The molecule has 0 spiro atoms. The Kier molecular flexibility index (Phi) is 5.48. The fraction of sp³-hybridized carbons (Fsp3) is 0.176. The van der Waals surface area contributed by atoms with E-state index >= 15 is 0 Å². The lowest BCUT2D eigenvalue weighted by Crippen LogP contribution is -2.01. The molecule has 0 unspecified atom stereocenters. The molecule has 0 aliphatic carbocycles. The predicted molar refractivity (Wildman–Crippen MR) is 99.7 cm³/mol. The van der Waals surface area contributed by atoms with Gasteiger partial charge in [-0.25, -0.2) is 4.68 Å². The monoisotopic (exact) mass is 360 g/mol. The van der Waals surface area contributed by atoms with E-state index < -0.39 is 0 Å². The highest BCUT2D eigenvalue weighted by Crippen LogP contribution is 2.25. The van der Waals surface area contributed by atoms with Gasteiger partial charge < -0.3 is 4.74 Å². The largest absolute Gasteiger partial charge is 0.493 e. The van der Waals surface area contributed by atoms with Gasteiger partial charge in [0.1, 0.15) is 5.75 Å². The molecule has 0 atom stereocenters. The van der Waals surface area contributed by atoms with Crippen molar-refractivity contribution in [3.8, 4) is 11.4 Å². The fourth-order valence-corrected chi connectivity index (χ4v) is 4.31. The molecular formula is C17H16N2OS3. The van der Waals surface area contributed by atoms with Crippen molar-refractivity contribution in [2.45, 2.75) is 11.3 Å². The average Bonchev–Trinajstić information content (AvgIpc) is 2.94. The van der Waals surface area contributed by atoms with Crippen molar-refractivity contribution in [2.75, 3.05) is 12.4 Å². The van der Waals surface area contributed by atoms with Crippen molar-refractivity contribution in [1.82, 2.24) is 9.78 Å². The Morgan fingerprint density at radius 1 is 1.13 bits per heavy atom. The van der Waals surface area contributed by atoms with Gasteiger partial charge in [-0.2, -0.15) is 0 Å². The third-order valence-electron chi connectivity index (χ3n) is 3.19. The number of hydrogen-bond donors (Lipinski definition) is 0. The zero-order chi connectivity index (χ0) is 16.1. The van der Waals surface area contributed by atoms with Crippen LogP contribution in [0.1, 0.15) is 5.56 Å². The van der Waals surface area contributed by atoms with Crippen LogP contribution in [0, 0.1) is 10.9 Å². The number of rotatable bonds is 6. The SMILES string of the molecule is Cc1ccccc1-n1nc(SCCOc2ccccc2)sc1=S. The van der Waals surface area contributed by atoms with Crippen LogP contribution in [0.4, 0.5) is 0 Å².